The molecule has 2 aromatic rings. The van der Waals surface area contributed by atoms with E-state index in [2.05, 4.69) is 42.6 Å². The molecule has 3 unspecified atom stereocenters. The van der Waals surface area contributed by atoms with Gasteiger partial charge in [0.1, 0.15) is 0 Å². The van der Waals surface area contributed by atoms with Crippen molar-refractivity contribution in [3.63, 3.8) is 0 Å². The fourth-order valence-electron chi connectivity index (χ4n) is 3.76. The minimum atomic E-state index is -0.141. The topological polar surface area (TPSA) is 29.1 Å². The van der Waals surface area contributed by atoms with Crippen LogP contribution in [0.1, 0.15) is 33.8 Å². The Hall–Kier alpha value is -2.35. The minimum Gasteiger partial charge on any atom is -0.374 e. The van der Waals surface area contributed by atoms with Gasteiger partial charge in [0.25, 0.3) is 0 Å². The second-order valence-electron chi connectivity index (χ2n) is 6.30. The van der Waals surface area contributed by atoms with Gasteiger partial charge in [0.2, 0.25) is 0 Å². The first-order valence-electron chi connectivity index (χ1n) is 7.87. The predicted molar refractivity (Wildman–Crippen MR) is 89.4 cm³/mol. The summed E-state index contributed by atoms with van der Waals surface area (Å²) in [6.07, 6.45) is 5.46. The second-order valence-corrected chi connectivity index (χ2v) is 6.30. The Morgan fingerprint density at radius 2 is 1.95 bits per heavy atom. The molecule has 2 nitrogen and oxygen atoms in total. The van der Waals surface area contributed by atoms with E-state index in [1.807, 2.05) is 30.3 Å². The summed E-state index contributed by atoms with van der Waals surface area (Å²) in [6, 6.07) is 15.9. The van der Waals surface area contributed by atoms with Gasteiger partial charge in [-0.15, -0.1) is 0 Å². The smallest absolute Gasteiger partial charge is 0.185 e. The second kappa shape index (κ2) is 5.13. The zero-order valence-corrected chi connectivity index (χ0v) is 12.6. The third-order valence-corrected chi connectivity index (χ3v) is 4.86. The number of allylic oxidation sites excluding steroid dienone is 2. The van der Waals surface area contributed by atoms with Gasteiger partial charge in [-0.2, -0.15) is 0 Å². The van der Waals surface area contributed by atoms with E-state index in [4.69, 9.17) is 0 Å². The van der Waals surface area contributed by atoms with E-state index in [-0.39, 0.29) is 11.8 Å². The number of fused-ring (bicyclic) bond motifs is 3. The lowest BCUT2D eigenvalue weighted by Crippen LogP contribution is -2.42. The van der Waals surface area contributed by atoms with Gasteiger partial charge in [-0.25, -0.2) is 0 Å². The van der Waals surface area contributed by atoms with Gasteiger partial charge in [-0.05, 0) is 25.0 Å². The highest BCUT2D eigenvalue weighted by Crippen LogP contribution is 2.45. The summed E-state index contributed by atoms with van der Waals surface area (Å²) in [4.78, 5) is 12.9. The van der Waals surface area contributed by atoms with Crippen LogP contribution in [-0.4, -0.2) is 11.8 Å². The highest BCUT2D eigenvalue weighted by molar-refractivity contribution is 6.02. The average Bonchev–Trinajstić information content (AvgIpc) is 3.04. The molecular weight excluding hydrogens is 270 g/mol. The van der Waals surface area contributed by atoms with E-state index >= 15 is 0 Å². The average molecular weight is 289 g/mol. The Balaban J connectivity index is 1.74. The van der Waals surface area contributed by atoms with Gasteiger partial charge >= 0.3 is 0 Å². The minimum absolute atomic E-state index is 0.141. The molecule has 4 rings (SSSR count). The molecule has 1 aliphatic carbocycles. The standard InChI is InChI=1S/C20H19NO/c1-13-10-11-18-17(12-13)15-8-5-9-16(15)19(21-18)20(22)14-6-3-2-4-7-14/h2-8,10-12,15-16,19,21H,9H2,1H3. The van der Waals surface area contributed by atoms with Crippen molar-refractivity contribution in [1.82, 2.24) is 0 Å². The molecule has 0 bridgehead atoms. The molecule has 2 aliphatic rings. The molecule has 0 amide bonds. The van der Waals surface area contributed by atoms with Crippen molar-refractivity contribution in [2.45, 2.75) is 25.3 Å². The maximum Gasteiger partial charge on any atom is 0.185 e. The number of nitrogens with one attached hydrogen (secondary N) is 1. The third kappa shape index (κ3) is 2.07. The summed E-state index contributed by atoms with van der Waals surface area (Å²) < 4.78 is 0. The van der Waals surface area contributed by atoms with Crippen molar-refractivity contribution in [2.75, 3.05) is 5.32 Å². The van der Waals surface area contributed by atoms with Gasteiger partial charge < -0.3 is 5.32 Å². The molecule has 1 N–H and O–H groups in total. The number of carbonyl (C=O) groups excluding carboxylic acids is 1. The Morgan fingerprint density at radius 1 is 1.14 bits per heavy atom. The number of carbonyl (C=O) groups is 1. The van der Waals surface area contributed by atoms with Crippen LogP contribution >= 0.6 is 0 Å². The van der Waals surface area contributed by atoms with Gasteiger partial charge in [-0.3, -0.25) is 4.79 Å². The van der Waals surface area contributed by atoms with E-state index in [1.54, 1.807) is 0 Å². The molecule has 110 valence electrons. The first-order valence-corrected chi connectivity index (χ1v) is 7.87. The molecule has 0 saturated heterocycles. The maximum atomic E-state index is 12.9. The largest absolute Gasteiger partial charge is 0.374 e. The van der Waals surface area contributed by atoms with Crippen LogP contribution in [0.25, 0.3) is 0 Å². The van der Waals surface area contributed by atoms with Crippen molar-refractivity contribution in [1.29, 1.82) is 0 Å². The van der Waals surface area contributed by atoms with Crippen molar-refractivity contribution in [3.05, 3.63) is 77.4 Å². The van der Waals surface area contributed by atoms with Crippen molar-refractivity contribution in [2.24, 2.45) is 5.92 Å². The summed E-state index contributed by atoms with van der Waals surface area (Å²) in [5, 5.41) is 3.50. The van der Waals surface area contributed by atoms with E-state index in [0.29, 0.717) is 11.8 Å². The fraction of sp³-hybridized carbons (Fsp3) is 0.250. The third-order valence-electron chi connectivity index (χ3n) is 4.86. The normalized spacial score (nSPS) is 25.2. The number of ketones is 1. The molecule has 0 spiro atoms. The summed E-state index contributed by atoms with van der Waals surface area (Å²) in [7, 11) is 0. The summed E-state index contributed by atoms with van der Waals surface area (Å²) >= 11 is 0. The number of anilines is 1. The van der Waals surface area contributed by atoms with Gasteiger partial charge in [0.05, 0.1) is 6.04 Å². The Bertz CT molecular complexity index is 748. The highest BCUT2D eigenvalue weighted by Gasteiger charge is 2.40. The molecule has 22 heavy (non-hydrogen) atoms. The van der Waals surface area contributed by atoms with Gasteiger partial charge in [0, 0.05) is 23.1 Å². The molecule has 1 heterocycles. The van der Waals surface area contributed by atoms with Crippen LogP contribution in [0.4, 0.5) is 5.69 Å². The molecule has 1 aliphatic heterocycles. The lowest BCUT2D eigenvalue weighted by atomic mass is 9.76. The quantitative estimate of drug-likeness (QED) is 0.658. The number of hydrogen-bond donors (Lipinski definition) is 1. The van der Waals surface area contributed by atoms with Crippen LogP contribution in [0.3, 0.4) is 0 Å². The van der Waals surface area contributed by atoms with Crippen molar-refractivity contribution < 1.29 is 4.79 Å². The van der Waals surface area contributed by atoms with Crippen LogP contribution in [0, 0.1) is 12.8 Å². The zero-order valence-electron chi connectivity index (χ0n) is 12.6. The Morgan fingerprint density at radius 3 is 2.77 bits per heavy atom. The van der Waals surface area contributed by atoms with Crippen molar-refractivity contribution >= 4 is 11.5 Å². The van der Waals surface area contributed by atoms with Crippen LogP contribution in [0.15, 0.2) is 60.7 Å². The van der Waals surface area contributed by atoms with Crippen LogP contribution in [0.2, 0.25) is 0 Å². The van der Waals surface area contributed by atoms with Crippen LogP contribution in [-0.2, 0) is 0 Å². The maximum absolute atomic E-state index is 12.9. The lowest BCUT2D eigenvalue weighted by molar-refractivity contribution is 0.0938. The Labute approximate surface area is 130 Å². The first-order chi connectivity index (χ1) is 10.7. The van der Waals surface area contributed by atoms with Crippen LogP contribution < -0.4 is 5.32 Å². The first kappa shape index (κ1) is 13.3. The molecule has 0 radical (unpaired) electrons. The number of Topliss-reactive ketones (excluding diaryl/α,β-unsaturated/α-hetero) is 1. The predicted octanol–water partition coefficient (Wildman–Crippen LogP) is 4.33. The highest BCUT2D eigenvalue weighted by atomic mass is 16.1. The van der Waals surface area contributed by atoms with E-state index in [9.17, 15) is 4.79 Å². The molecular formula is C20H19NO. The number of aryl methyl sites for hydroxylation is 1. The zero-order chi connectivity index (χ0) is 15.1. The van der Waals surface area contributed by atoms with Gasteiger partial charge in [-0.1, -0.05) is 60.2 Å². The number of hydrogen-bond acceptors (Lipinski definition) is 2. The lowest BCUT2D eigenvalue weighted by Gasteiger charge is -2.36. The van der Waals surface area contributed by atoms with Crippen LogP contribution in [0.5, 0.6) is 0 Å². The molecule has 0 saturated carbocycles. The van der Waals surface area contributed by atoms with Gasteiger partial charge in [0.15, 0.2) is 5.78 Å². The van der Waals surface area contributed by atoms with Crippen molar-refractivity contribution in [3.8, 4) is 0 Å². The fourth-order valence-corrected chi connectivity index (χ4v) is 3.76. The summed E-state index contributed by atoms with van der Waals surface area (Å²) in [6.45, 7) is 2.12. The molecule has 0 aromatic heterocycles. The molecule has 3 atom stereocenters. The van der Waals surface area contributed by atoms with E-state index in [0.717, 1.165) is 17.7 Å². The summed E-state index contributed by atoms with van der Waals surface area (Å²) in [5.74, 6) is 0.876. The Kier molecular flexibility index (Phi) is 3.11. The molecule has 0 fully saturated rings. The van der Waals surface area contributed by atoms with E-state index in [1.165, 1.54) is 11.1 Å². The number of rotatable bonds is 2. The monoisotopic (exact) mass is 289 g/mol. The molecule has 2 aromatic carbocycles. The number of benzene rings is 2. The summed E-state index contributed by atoms with van der Waals surface area (Å²) in [5.41, 5.74) is 4.50. The van der Waals surface area contributed by atoms with E-state index < -0.39 is 0 Å². The SMILES string of the molecule is Cc1ccc2c(c1)C1C=CCC1C(C(=O)c1ccccc1)N2. The molecule has 2 heteroatoms.